The molecule has 0 radical (unpaired) electrons. The molecule has 0 aromatic heterocycles. The van der Waals surface area contributed by atoms with Gasteiger partial charge in [0.1, 0.15) is 11.9 Å². The van der Waals surface area contributed by atoms with Crippen molar-refractivity contribution >= 4 is 18.3 Å². The minimum absolute atomic E-state index is 0. The van der Waals surface area contributed by atoms with Crippen LogP contribution in [0.1, 0.15) is 33.3 Å². The van der Waals surface area contributed by atoms with E-state index in [1.54, 1.807) is 0 Å². The summed E-state index contributed by atoms with van der Waals surface area (Å²) in [7, 11) is 0. The van der Waals surface area contributed by atoms with Crippen molar-refractivity contribution in [1.29, 1.82) is 0 Å². The number of ether oxygens (including phenoxy) is 1. The molecule has 0 saturated heterocycles. The molecule has 2 atom stereocenters. The number of benzene rings is 1. The van der Waals surface area contributed by atoms with Gasteiger partial charge in [0, 0.05) is 0 Å². The number of halogens is 1. The van der Waals surface area contributed by atoms with Gasteiger partial charge in [0.2, 0.25) is 5.91 Å². The largest absolute Gasteiger partial charge is 0.489 e. The van der Waals surface area contributed by atoms with E-state index < -0.39 is 6.04 Å². The number of carbonyl (C=O) groups excluding carboxylic acids is 1. The Morgan fingerprint density at radius 2 is 1.81 bits per heavy atom. The van der Waals surface area contributed by atoms with Crippen LogP contribution in [0.4, 0.5) is 0 Å². The van der Waals surface area contributed by atoms with E-state index in [1.165, 1.54) is 5.56 Å². The number of rotatable bonds is 5. The summed E-state index contributed by atoms with van der Waals surface area (Å²) < 4.78 is 5.73. The Kier molecular flexibility index (Phi) is 7.75. The first kappa shape index (κ1) is 19.7. The first-order valence-corrected chi connectivity index (χ1v) is 6.97. The summed E-state index contributed by atoms with van der Waals surface area (Å²) in [5, 5.41) is 2.83. The standard InChI is InChI=1S/C16H26N2O2.ClH/c1-11-6-8-13(9-7-11)20-12(2)10-18-15(19)14(17)16(3,4)5;/h6-9,12,14H,10,17H2,1-5H3,(H,18,19);1H/t12?,14-;/m1./s1. The molecule has 3 N–H and O–H groups in total. The summed E-state index contributed by atoms with van der Waals surface area (Å²) in [5.41, 5.74) is 6.84. The molecular formula is C16H27ClN2O2. The van der Waals surface area contributed by atoms with Crippen LogP contribution in [0.2, 0.25) is 0 Å². The molecule has 0 fully saturated rings. The van der Waals surface area contributed by atoms with Crippen molar-refractivity contribution in [1.82, 2.24) is 5.32 Å². The normalized spacial score (nSPS) is 13.8. The van der Waals surface area contributed by atoms with Crippen LogP contribution in [-0.4, -0.2) is 24.6 Å². The first-order chi connectivity index (χ1) is 9.20. The quantitative estimate of drug-likeness (QED) is 0.878. The van der Waals surface area contributed by atoms with Gasteiger partial charge < -0.3 is 15.8 Å². The fourth-order valence-electron chi connectivity index (χ4n) is 1.64. The van der Waals surface area contributed by atoms with Crippen LogP contribution in [0, 0.1) is 12.3 Å². The lowest BCUT2D eigenvalue weighted by atomic mass is 9.87. The van der Waals surface area contributed by atoms with Crippen molar-refractivity contribution in [2.75, 3.05) is 6.54 Å². The molecule has 1 unspecified atom stereocenters. The molecule has 0 aliphatic rings. The molecule has 1 rings (SSSR count). The van der Waals surface area contributed by atoms with Gasteiger partial charge in [-0.3, -0.25) is 4.79 Å². The van der Waals surface area contributed by atoms with Crippen molar-refractivity contribution in [2.45, 2.75) is 46.8 Å². The topological polar surface area (TPSA) is 64.3 Å². The third-order valence-electron chi connectivity index (χ3n) is 3.14. The fraction of sp³-hybridized carbons (Fsp3) is 0.562. The minimum Gasteiger partial charge on any atom is -0.489 e. The number of nitrogens with two attached hydrogens (primary N) is 1. The first-order valence-electron chi connectivity index (χ1n) is 6.97. The summed E-state index contributed by atoms with van der Waals surface area (Å²) in [6, 6.07) is 7.32. The maximum absolute atomic E-state index is 11.9. The van der Waals surface area contributed by atoms with Gasteiger partial charge in [-0.15, -0.1) is 12.4 Å². The van der Waals surface area contributed by atoms with E-state index in [-0.39, 0.29) is 29.8 Å². The lowest BCUT2D eigenvalue weighted by molar-refractivity contribution is -0.124. The maximum Gasteiger partial charge on any atom is 0.237 e. The van der Waals surface area contributed by atoms with E-state index in [1.807, 2.05) is 58.9 Å². The highest BCUT2D eigenvalue weighted by atomic mass is 35.5. The molecule has 0 saturated carbocycles. The lowest BCUT2D eigenvalue weighted by Crippen LogP contribution is -2.50. The average Bonchev–Trinajstić information content (AvgIpc) is 2.36. The Bertz CT molecular complexity index is 441. The highest BCUT2D eigenvalue weighted by Crippen LogP contribution is 2.17. The second-order valence-corrected chi connectivity index (χ2v) is 6.33. The predicted octanol–water partition coefficient (Wildman–Crippen LogP) is 2.67. The summed E-state index contributed by atoms with van der Waals surface area (Å²) in [6.07, 6.45) is -0.103. The van der Waals surface area contributed by atoms with Crippen molar-refractivity contribution in [3.63, 3.8) is 0 Å². The Morgan fingerprint density at radius 3 is 2.29 bits per heavy atom. The smallest absolute Gasteiger partial charge is 0.237 e. The second-order valence-electron chi connectivity index (χ2n) is 6.33. The zero-order chi connectivity index (χ0) is 15.3. The van der Waals surface area contributed by atoms with Gasteiger partial charge in [-0.25, -0.2) is 0 Å². The molecule has 4 nitrogen and oxygen atoms in total. The van der Waals surface area contributed by atoms with Crippen molar-refractivity contribution in [3.8, 4) is 5.75 Å². The van der Waals surface area contributed by atoms with Crippen molar-refractivity contribution in [2.24, 2.45) is 11.1 Å². The molecule has 0 bridgehead atoms. The molecule has 0 aliphatic heterocycles. The van der Waals surface area contributed by atoms with E-state index in [4.69, 9.17) is 10.5 Å². The summed E-state index contributed by atoms with van der Waals surface area (Å²) in [4.78, 5) is 11.9. The Balaban J connectivity index is 0.00000400. The third-order valence-corrected chi connectivity index (χ3v) is 3.14. The Morgan fingerprint density at radius 1 is 1.29 bits per heavy atom. The molecule has 0 spiro atoms. The van der Waals surface area contributed by atoms with Crippen LogP contribution in [0.15, 0.2) is 24.3 Å². The van der Waals surface area contributed by atoms with Gasteiger partial charge >= 0.3 is 0 Å². The van der Waals surface area contributed by atoms with Gasteiger partial charge in [0.05, 0.1) is 12.6 Å². The number of nitrogens with one attached hydrogen (secondary N) is 1. The number of carbonyl (C=O) groups is 1. The zero-order valence-electron chi connectivity index (χ0n) is 13.5. The van der Waals surface area contributed by atoms with Gasteiger partial charge in [0.25, 0.3) is 0 Å². The van der Waals surface area contributed by atoms with Crippen LogP contribution in [0.5, 0.6) is 5.75 Å². The van der Waals surface area contributed by atoms with Gasteiger partial charge in [-0.2, -0.15) is 0 Å². The summed E-state index contributed by atoms with van der Waals surface area (Å²) in [6.45, 7) is 10.2. The van der Waals surface area contributed by atoms with Crippen LogP contribution in [0.25, 0.3) is 0 Å². The molecule has 5 heteroatoms. The average molecular weight is 315 g/mol. The molecule has 0 heterocycles. The monoisotopic (exact) mass is 314 g/mol. The molecular weight excluding hydrogens is 288 g/mol. The van der Waals surface area contributed by atoms with Gasteiger partial charge in [0.15, 0.2) is 0 Å². The van der Waals surface area contributed by atoms with Crippen molar-refractivity contribution in [3.05, 3.63) is 29.8 Å². The number of amides is 1. The molecule has 1 aromatic rings. The summed E-state index contributed by atoms with van der Waals surface area (Å²) >= 11 is 0. The van der Waals surface area contributed by atoms with Gasteiger partial charge in [-0.05, 0) is 31.4 Å². The fourth-order valence-corrected chi connectivity index (χ4v) is 1.64. The van der Waals surface area contributed by atoms with E-state index in [2.05, 4.69) is 5.32 Å². The molecule has 0 aliphatic carbocycles. The third kappa shape index (κ3) is 6.82. The minimum atomic E-state index is -0.519. The highest BCUT2D eigenvalue weighted by Gasteiger charge is 2.27. The predicted molar refractivity (Wildman–Crippen MR) is 89.0 cm³/mol. The lowest BCUT2D eigenvalue weighted by Gasteiger charge is -2.26. The van der Waals surface area contributed by atoms with E-state index >= 15 is 0 Å². The van der Waals surface area contributed by atoms with E-state index in [0.29, 0.717) is 6.54 Å². The van der Waals surface area contributed by atoms with Crippen LogP contribution in [0.3, 0.4) is 0 Å². The van der Waals surface area contributed by atoms with E-state index in [9.17, 15) is 4.79 Å². The SMILES string of the molecule is Cc1ccc(OC(C)CNC(=O)[C@@H](N)C(C)(C)C)cc1.Cl. The summed E-state index contributed by atoms with van der Waals surface area (Å²) in [5.74, 6) is 0.661. The second kappa shape index (κ2) is 8.25. The molecule has 120 valence electrons. The number of aryl methyl sites for hydroxylation is 1. The number of hydrogen-bond donors (Lipinski definition) is 2. The van der Waals surface area contributed by atoms with Gasteiger partial charge in [-0.1, -0.05) is 38.5 Å². The van der Waals surface area contributed by atoms with Crippen LogP contribution >= 0.6 is 12.4 Å². The molecule has 1 amide bonds. The Labute approximate surface area is 133 Å². The van der Waals surface area contributed by atoms with Crippen molar-refractivity contribution < 1.29 is 9.53 Å². The van der Waals surface area contributed by atoms with E-state index in [0.717, 1.165) is 5.75 Å². The molecule has 21 heavy (non-hydrogen) atoms. The van der Waals surface area contributed by atoms with Crippen LogP contribution in [-0.2, 0) is 4.79 Å². The number of hydrogen-bond acceptors (Lipinski definition) is 3. The molecule has 1 aromatic carbocycles. The highest BCUT2D eigenvalue weighted by molar-refractivity contribution is 5.85. The zero-order valence-corrected chi connectivity index (χ0v) is 14.3. The van der Waals surface area contributed by atoms with Crippen LogP contribution < -0.4 is 15.8 Å². The maximum atomic E-state index is 11.9. The Hall–Kier alpha value is -1.26.